The van der Waals surface area contributed by atoms with Gasteiger partial charge in [0.1, 0.15) is 5.15 Å². The summed E-state index contributed by atoms with van der Waals surface area (Å²) in [4.78, 5) is 8.39. The van der Waals surface area contributed by atoms with Crippen molar-refractivity contribution in [2.45, 2.75) is 17.7 Å². The van der Waals surface area contributed by atoms with E-state index in [2.05, 4.69) is 9.97 Å². The van der Waals surface area contributed by atoms with Crippen LogP contribution in [-0.4, -0.2) is 9.97 Å². The molecule has 18 heavy (non-hydrogen) atoms. The van der Waals surface area contributed by atoms with Gasteiger partial charge >= 0.3 is 0 Å². The predicted molar refractivity (Wildman–Crippen MR) is 77.2 cm³/mol. The fourth-order valence-electron chi connectivity index (χ4n) is 1.38. The second kappa shape index (κ2) is 5.78. The van der Waals surface area contributed by atoms with E-state index in [1.165, 1.54) is 0 Å². The van der Waals surface area contributed by atoms with E-state index in [-0.39, 0.29) is 0 Å². The molecule has 94 valence electrons. The topological polar surface area (TPSA) is 51.8 Å². The first kappa shape index (κ1) is 13.5. The van der Waals surface area contributed by atoms with E-state index in [1.54, 1.807) is 24.0 Å². The van der Waals surface area contributed by atoms with Gasteiger partial charge in [-0.1, -0.05) is 23.2 Å². The lowest BCUT2D eigenvalue weighted by molar-refractivity contribution is 1.13. The highest BCUT2D eigenvalue weighted by atomic mass is 35.5. The zero-order valence-corrected chi connectivity index (χ0v) is 12.0. The Hall–Kier alpha value is -0.970. The molecule has 0 saturated heterocycles. The molecule has 0 aliphatic rings. The van der Waals surface area contributed by atoms with Crippen LogP contribution in [0.25, 0.3) is 0 Å². The van der Waals surface area contributed by atoms with Gasteiger partial charge in [0.05, 0.1) is 16.9 Å². The highest BCUT2D eigenvalue weighted by Gasteiger charge is 2.09. The zero-order valence-electron chi connectivity index (χ0n) is 9.65. The lowest BCUT2D eigenvalue weighted by Gasteiger charge is -2.07. The Morgan fingerprint density at radius 3 is 2.72 bits per heavy atom. The van der Waals surface area contributed by atoms with Gasteiger partial charge in [-0.25, -0.2) is 9.97 Å². The molecular weight excluding hydrogens is 289 g/mol. The number of nitrogen functional groups attached to an aromatic ring is 1. The van der Waals surface area contributed by atoms with Gasteiger partial charge < -0.3 is 5.73 Å². The number of hydrogen-bond donors (Lipinski definition) is 1. The number of thioether (sulfide) groups is 1. The Kier molecular flexibility index (Phi) is 4.32. The summed E-state index contributed by atoms with van der Waals surface area (Å²) in [5, 5.41) is 1.95. The summed E-state index contributed by atoms with van der Waals surface area (Å²) in [7, 11) is 0. The molecule has 0 radical (unpaired) electrons. The maximum Gasteiger partial charge on any atom is 0.134 e. The minimum atomic E-state index is 0.447. The van der Waals surface area contributed by atoms with Gasteiger partial charge in [0.25, 0.3) is 0 Å². The molecule has 0 atom stereocenters. The SMILES string of the molecule is Cc1cc(Cl)c(CSc2ccc(N)cn2)c(Cl)n1. The summed E-state index contributed by atoms with van der Waals surface area (Å²) in [6.07, 6.45) is 1.62. The molecule has 0 unspecified atom stereocenters. The third-order valence-electron chi connectivity index (χ3n) is 2.27. The first-order valence-corrected chi connectivity index (χ1v) is 6.96. The lowest BCUT2D eigenvalue weighted by atomic mass is 10.3. The van der Waals surface area contributed by atoms with Crippen LogP contribution in [-0.2, 0) is 5.75 Å². The van der Waals surface area contributed by atoms with Crippen LogP contribution in [0.1, 0.15) is 11.3 Å². The first-order valence-electron chi connectivity index (χ1n) is 5.22. The van der Waals surface area contributed by atoms with Crippen molar-refractivity contribution in [3.63, 3.8) is 0 Å². The number of nitrogens with zero attached hydrogens (tertiary/aromatic N) is 2. The summed E-state index contributed by atoms with van der Waals surface area (Å²) < 4.78 is 0. The van der Waals surface area contributed by atoms with E-state index in [1.807, 2.05) is 19.1 Å². The van der Waals surface area contributed by atoms with Crippen molar-refractivity contribution in [1.82, 2.24) is 9.97 Å². The number of halogens is 2. The second-order valence-corrected chi connectivity index (χ2v) is 5.49. The molecule has 0 aliphatic carbocycles. The standard InChI is InChI=1S/C12H11Cl2N3S/c1-7-4-10(13)9(12(14)17-7)6-18-11-3-2-8(15)5-16-11/h2-5H,6,15H2,1H3. The minimum absolute atomic E-state index is 0.447. The van der Waals surface area contributed by atoms with Crippen LogP contribution in [0.5, 0.6) is 0 Å². The van der Waals surface area contributed by atoms with Crippen LogP contribution in [0.2, 0.25) is 10.2 Å². The van der Waals surface area contributed by atoms with E-state index in [0.717, 1.165) is 16.3 Å². The fourth-order valence-corrected chi connectivity index (χ4v) is 3.07. The second-order valence-electron chi connectivity index (χ2n) is 3.73. The van der Waals surface area contributed by atoms with Crippen molar-refractivity contribution in [2.75, 3.05) is 5.73 Å². The van der Waals surface area contributed by atoms with Gasteiger partial charge in [-0.3, -0.25) is 0 Å². The molecule has 2 N–H and O–H groups in total. The Morgan fingerprint density at radius 1 is 1.33 bits per heavy atom. The highest BCUT2D eigenvalue weighted by Crippen LogP contribution is 2.30. The molecule has 0 aliphatic heterocycles. The zero-order chi connectivity index (χ0) is 13.1. The van der Waals surface area contributed by atoms with Crippen molar-refractivity contribution in [2.24, 2.45) is 0 Å². The molecule has 2 aromatic heterocycles. The van der Waals surface area contributed by atoms with Crippen molar-refractivity contribution in [1.29, 1.82) is 0 Å². The fraction of sp³-hybridized carbons (Fsp3) is 0.167. The summed E-state index contributed by atoms with van der Waals surface area (Å²) in [6.45, 7) is 1.86. The summed E-state index contributed by atoms with van der Waals surface area (Å²) in [5.74, 6) is 0.627. The average Bonchev–Trinajstić information content (AvgIpc) is 2.30. The smallest absolute Gasteiger partial charge is 0.134 e. The Bertz CT molecular complexity index is 535. The molecule has 0 fully saturated rings. The van der Waals surface area contributed by atoms with E-state index in [4.69, 9.17) is 28.9 Å². The number of pyridine rings is 2. The van der Waals surface area contributed by atoms with Gasteiger partial charge in [-0.05, 0) is 25.1 Å². The van der Waals surface area contributed by atoms with Crippen molar-refractivity contribution < 1.29 is 0 Å². The Labute approximate surface area is 120 Å². The number of rotatable bonds is 3. The number of anilines is 1. The third kappa shape index (κ3) is 3.28. The molecule has 2 heterocycles. The number of hydrogen-bond acceptors (Lipinski definition) is 4. The maximum atomic E-state index is 6.15. The number of nitrogens with two attached hydrogens (primary N) is 1. The largest absolute Gasteiger partial charge is 0.397 e. The first-order chi connectivity index (χ1) is 8.56. The molecule has 3 nitrogen and oxygen atoms in total. The number of aryl methyl sites for hydroxylation is 1. The van der Waals surface area contributed by atoms with Gasteiger partial charge in [0, 0.05) is 22.0 Å². The lowest BCUT2D eigenvalue weighted by Crippen LogP contribution is -1.92. The van der Waals surface area contributed by atoms with E-state index >= 15 is 0 Å². The Balaban J connectivity index is 2.13. The minimum Gasteiger partial charge on any atom is -0.397 e. The molecule has 0 aromatic carbocycles. The van der Waals surface area contributed by atoms with Crippen molar-refractivity contribution in [3.05, 3.63) is 45.8 Å². The van der Waals surface area contributed by atoms with E-state index in [9.17, 15) is 0 Å². The van der Waals surface area contributed by atoms with Gasteiger partial charge in [-0.15, -0.1) is 11.8 Å². The molecule has 0 saturated carbocycles. The van der Waals surface area contributed by atoms with Crippen LogP contribution in [0, 0.1) is 6.92 Å². The molecule has 0 amide bonds. The van der Waals surface area contributed by atoms with E-state index in [0.29, 0.717) is 21.6 Å². The van der Waals surface area contributed by atoms with Crippen LogP contribution in [0.4, 0.5) is 5.69 Å². The molecule has 6 heteroatoms. The predicted octanol–water partition coefficient (Wildman–Crippen LogP) is 3.97. The van der Waals surface area contributed by atoms with Gasteiger partial charge in [-0.2, -0.15) is 0 Å². The molecule has 0 spiro atoms. The van der Waals surface area contributed by atoms with Crippen LogP contribution in [0.15, 0.2) is 29.4 Å². The number of aromatic nitrogens is 2. The highest BCUT2D eigenvalue weighted by molar-refractivity contribution is 7.98. The summed E-state index contributed by atoms with van der Waals surface area (Å²) in [5.41, 5.74) is 7.86. The van der Waals surface area contributed by atoms with Gasteiger partial charge in [0.15, 0.2) is 0 Å². The Morgan fingerprint density at radius 2 is 2.11 bits per heavy atom. The molecule has 0 bridgehead atoms. The third-order valence-corrected chi connectivity index (χ3v) is 3.89. The van der Waals surface area contributed by atoms with Crippen LogP contribution >= 0.6 is 35.0 Å². The van der Waals surface area contributed by atoms with Crippen LogP contribution in [0.3, 0.4) is 0 Å². The molecule has 2 aromatic rings. The van der Waals surface area contributed by atoms with Crippen molar-refractivity contribution >= 4 is 40.7 Å². The molecular formula is C12H11Cl2N3S. The molecule has 2 rings (SSSR count). The average molecular weight is 300 g/mol. The quantitative estimate of drug-likeness (QED) is 0.688. The van der Waals surface area contributed by atoms with Crippen molar-refractivity contribution in [3.8, 4) is 0 Å². The summed E-state index contributed by atoms with van der Waals surface area (Å²) >= 11 is 13.8. The van der Waals surface area contributed by atoms with E-state index < -0.39 is 0 Å². The van der Waals surface area contributed by atoms with Gasteiger partial charge in [0.2, 0.25) is 0 Å². The normalized spacial score (nSPS) is 10.6. The van der Waals surface area contributed by atoms with Crippen LogP contribution < -0.4 is 5.73 Å². The monoisotopic (exact) mass is 299 g/mol. The summed E-state index contributed by atoms with van der Waals surface area (Å²) in [6, 6.07) is 5.48. The maximum absolute atomic E-state index is 6.15.